The van der Waals surface area contributed by atoms with E-state index in [0.29, 0.717) is 12.0 Å². The lowest BCUT2D eigenvalue weighted by Gasteiger charge is -2.19. The van der Waals surface area contributed by atoms with Gasteiger partial charge in [0, 0.05) is 12.5 Å². The Morgan fingerprint density at radius 2 is 1.94 bits per heavy atom. The Labute approximate surface area is 98.2 Å². The van der Waals surface area contributed by atoms with E-state index in [0.717, 1.165) is 18.1 Å². The maximum absolute atomic E-state index is 4.43. The first-order chi connectivity index (χ1) is 7.52. The predicted octanol–water partition coefficient (Wildman–Crippen LogP) is 2.45. The first-order valence-electron chi connectivity index (χ1n) is 6.20. The Morgan fingerprint density at radius 1 is 1.25 bits per heavy atom. The number of hydrogen-bond acceptors (Lipinski definition) is 3. The molecule has 1 aromatic heterocycles. The molecule has 1 heterocycles. The van der Waals surface area contributed by atoms with Crippen LogP contribution in [-0.4, -0.2) is 21.2 Å². The van der Waals surface area contributed by atoms with Crippen LogP contribution < -0.4 is 5.32 Å². The highest BCUT2D eigenvalue weighted by Crippen LogP contribution is 2.11. The molecule has 0 radical (unpaired) electrons. The van der Waals surface area contributed by atoms with Crippen molar-refractivity contribution in [2.75, 3.05) is 0 Å². The molecule has 4 heteroatoms. The molecule has 1 aromatic rings. The Hall–Kier alpha value is -0.900. The van der Waals surface area contributed by atoms with Crippen molar-refractivity contribution >= 4 is 0 Å². The Bertz CT molecular complexity index is 306. The van der Waals surface area contributed by atoms with Crippen LogP contribution in [0.15, 0.2) is 0 Å². The molecule has 4 nitrogen and oxygen atoms in total. The van der Waals surface area contributed by atoms with E-state index in [1.807, 2.05) is 0 Å². The molecule has 2 atom stereocenters. The smallest absolute Gasteiger partial charge is 0.167 e. The van der Waals surface area contributed by atoms with Crippen molar-refractivity contribution in [1.82, 2.24) is 20.5 Å². The maximum atomic E-state index is 4.43. The number of aromatic nitrogens is 3. The number of nitrogens with zero attached hydrogens (tertiary/aromatic N) is 2. The minimum atomic E-state index is 0.213. The van der Waals surface area contributed by atoms with Crippen molar-refractivity contribution in [3.05, 3.63) is 11.6 Å². The zero-order chi connectivity index (χ0) is 12.1. The van der Waals surface area contributed by atoms with E-state index in [4.69, 9.17) is 0 Å². The highest BCUT2D eigenvalue weighted by molar-refractivity contribution is 4.95. The zero-order valence-electron chi connectivity index (χ0n) is 11.0. The molecule has 0 saturated heterocycles. The third-order valence-corrected chi connectivity index (χ3v) is 2.63. The van der Waals surface area contributed by atoms with Gasteiger partial charge in [-0.1, -0.05) is 20.8 Å². The lowest BCUT2D eigenvalue weighted by molar-refractivity contribution is 0.399. The van der Waals surface area contributed by atoms with Crippen LogP contribution in [-0.2, 0) is 6.42 Å². The van der Waals surface area contributed by atoms with Gasteiger partial charge in [-0.15, -0.1) is 0 Å². The van der Waals surface area contributed by atoms with E-state index in [1.165, 1.54) is 6.42 Å². The Kier molecular flexibility index (Phi) is 4.93. The van der Waals surface area contributed by atoms with Gasteiger partial charge >= 0.3 is 0 Å². The van der Waals surface area contributed by atoms with Crippen molar-refractivity contribution in [3.8, 4) is 0 Å². The molecule has 1 rings (SSSR count). The van der Waals surface area contributed by atoms with Crippen LogP contribution in [0.5, 0.6) is 0 Å². The number of H-pyrrole nitrogens is 1. The van der Waals surface area contributed by atoms with E-state index < -0.39 is 0 Å². The molecule has 0 bridgehead atoms. The molecule has 0 spiro atoms. The van der Waals surface area contributed by atoms with Crippen LogP contribution in [0.3, 0.4) is 0 Å². The summed E-state index contributed by atoms with van der Waals surface area (Å²) in [5.74, 6) is 2.54. The van der Waals surface area contributed by atoms with Gasteiger partial charge in [-0.25, -0.2) is 4.98 Å². The number of aromatic amines is 1. The Balaban J connectivity index is 2.48. The number of hydrogen-bond donors (Lipinski definition) is 2. The zero-order valence-corrected chi connectivity index (χ0v) is 11.0. The minimum Gasteiger partial charge on any atom is -0.305 e. The van der Waals surface area contributed by atoms with Crippen molar-refractivity contribution in [3.63, 3.8) is 0 Å². The van der Waals surface area contributed by atoms with E-state index in [9.17, 15) is 0 Å². The molecule has 0 amide bonds. The lowest BCUT2D eigenvalue weighted by Crippen LogP contribution is -2.30. The van der Waals surface area contributed by atoms with Crippen LogP contribution in [0, 0.1) is 5.92 Å². The molecule has 2 unspecified atom stereocenters. The van der Waals surface area contributed by atoms with Crippen molar-refractivity contribution < 1.29 is 0 Å². The molecule has 0 saturated carbocycles. The maximum Gasteiger partial charge on any atom is 0.167 e. The quantitative estimate of drug-likeness (QED) is 0.780. The van der Waals surface area contributed by atoms with Gasteiger partial charge in [0.15, 0.2) is 5.82 Å². The first-order valence-corrected chi connectivity index (χ1v) is 6.20. The van der Waals surface area contributed by atoms with Crippen molar-refractivity contribution in [2.45, 2.75) is 59.5 Å². The lowest BCUT2D eigenvalue weighted by atomic mass is 10.0. The highest BCUT2D eigenvalue weighted by atomic mass is 15.2. The summed E-state index contributed by atoms with van der Waals surface area (Å²) in [4.78, 5) is 4.43. The number of nitrogens with one attached hydrogen (secondary N) is 2. The molecule has 2 N–H and O–H groups in total. The summed E-state index contributed by atoms with van der Waals surface area (Å²) in [7, 11) is 0. The second kappa shape index (κ2) is 5.99. The summed E-state index contributed by atoms with van der Waals surface area (Å²) < 4.78 is 0. The largest absolute Gasteiger partial charge is 0.305 e. The summed E-state index contributed by atoms with van der Waals surface area (Å²) >= 11 is 0. The fraction of sp³-hybridized carbons (Fsp3) is 0.833. The minimum absolute atomic E-state index is 0.213. The molecule has 0 aromatic carbocycles. The summed E-state index contributed by atoms with van der Waals surface area (Å²) in [5, 5.41) is 10.7. The normalized spacial score (nSPS) is 15.4. The van der Waals surface area contributed by atoms with Crippen LogP contribution in [0.25, 0.3) is 0 Å². The fourth-order valence-corrected chi connectivity index (χ4v) is 1.94. The second-order valence-corrected chi connectivity index (χ2v) is 4.91. The highest BCUT2D eigenvalue weighted by Gasteiger charge is 2.14. The first kappa shape index (κ1) is 13.2. The molecular weight excluding hydrogens is 200 g/mol. The van der Waals surface area contributed by atoms with Crippen LogP contribution in [0.2, 0.25) is 0 Å². The van der Waals surface area contributed by atoms with Gasteiger partial charge in [0.2, 0.25) is 0 Å². The third-order valence-electron chi connectivity index (χ3n) is 2.63. The van der Waals surface area contributed by atoms with Gasteiger partial charge in [0.05, 0.1) is 6.04 Å². The SMILES string of the molecule is CCc1nc(C(C)NC(C)CC(C)C)n[nH]1. The number of aryl methyl sites for hydroxylation is 1. The van der Waals surface area contributed by atoms with E-state index in [2.05, 4.69) is 55.1 Å². The molecule has 0 fully saturated rings. The van der Waals surface area contributed by atoms with Crippen LogP contribution in [0.4, 0.5) is 0 Å². The average molecular weight is 224 g/mol. The van der Waals surface area contributed by atoms with Gasteiger partial charge in [0.1, 0.15) is 5.82 Å². The van der Waals surface area contributed by atoms with Crippen molar-refractivity contribution in [1.29, 1.82) is 0 Å². The standard InChI is InChI=1S/C12H24N4/c1-6-11-14-12(16-15-11)10(5)13-9(4)7-8(2)3/h8-10,13H,6-7H2,1-5H3,(H,14,15,16). The number of rotatable bonds is 6. The van der Waals surface area contributed by atoms with Gasteiger partial charge < -0.3 is 5.32 Å². The molecule has 92 valence electrons. The average Bonchev–Trinajstić information content (AvgIpc) is 2.64. The van der Waals surface area contributed by atoms with E-state index in [1.54, 1.807) is 0 Å². The Morgan fingerprint density at radius 3 is 2.44 bits per heavy atom. The van der Waals surface area contributed by atoms with Gasteiger partial charge in [-0.2, -0.15) is 5.10 Å². The third kappa shape index (κ3) is 3.93. The van der Waals surface area contributed by atoms with E-state index >= 15 is 0 Å². The summed E-state index contributed by atoms with van der Waals surface area (Å²) in [5.41, 5.74) is 0. The molecule has 16 heavy (non-hydrogen) atoms. The molecule has 0 aliphatic carbocycles. The van der Waals surface area contributed by atoms with Crippen molar-refractivity contribution in [2.24, 2.45) is 5.92 Å². The van der Waals surface area contributed by atoms with E-state index in [-0.39, 0.29) is 6.04 Å². The van der Waals surface area contributed by atoms with Gasteiger partial charge in [0.25, 0.3) is 0 Å². The fourth-order valence-electron chi connectivity index (χ4n) is 1.94. The predicted molar refractivity (Wildman–Crippen MR) is 66.2 cm³/mol. The summed E-state index contributed by atoms with van der Waals surface area (Å²) in [6.07, 6.45) is 2.08. The topological polar surface area (TPSA) is 53.6 Å². The summed E-state index contributed by atoms with van der Waals surface area (Å²) in [6.45, 7) is 10.9. The molecule has 0 aliphatic heterocycles. The van der Waals surface area contributed by atoms with Crippen LogP contribution in [0.1, 0.15) is 58.7 Å². The monoisotopic (exact) mass is 224 g/mol. The van der Waals surface area contributed by atoms with Crippen LogP contribution >= 0.6 is 0 Å². The van der Waals surface area contributed by atoms with Gasteiger partial charge in [-0.05, 0) is 26.2 Å². The summed E-state index contributed by atoms with van der Waals surface area (Å²) in [6, 6.07) is 0.712. The molecule has 0 aliphatic rings. The van der Waals surface area contributed by atoms with Gasteiger partial charge in [-0.3, -0.25) is 5.10 Å². The second-order valence-electron chi connectivity index (χ2n) is 4.91. The molecular formula is C12H24N4.